The molecule has 0 heterocycles. The Kier molecular flexibility index (Phi) is 5.03. The zero-order valence-corrected chi connectivity index (χ0v) is 11.6. The van der Waals surface area contributed by atoms with E-state index in [1.807, 2.05) is 0 Å². The Hall–Kier alpha value is -1.72. The molecule has 0 fully saturated rings. The van der Waals surface area contributed by atoms with Gasteiger partial charge in [0.2, 0.25) is 0 Å². The van der Waals surface area contributed by atoms with Crippen molar-refractivity contribution in [1.82, 2.24) is 0 Å². The minimum atomic E-state index is -4.37. The monoisotopic (exact) mass is 290 g/mol. The average molecular weight is 290 g/mol. The highest BCUT2D eigenvalue weighted by molar-refractivity contribution is 5.76. The highest BCUT2D eigenvalue weighted by Gasteiger charge is 2.31. The van der Waals surface area contributed by atoms with Crippen LogP contribution in [0.15, 0.2) is 24.3 Å². The Balaban J connectivity index is 2.64. The molecule has 0 aliphatic rings. The lowest BCUT2D eigenvalue weighted by atomic mass is 9.95. The van der Waals surface area contributed by atoms with E-state index in [2.05, 4.69) is 0 Å². The Morgan fingerprint density at radius 1 is 1.15 bits per heavy atom. The Morgan fingerprint density at radius 3 is 2.15 bits per heavy atom. The predicted octanol–water partition coefficient (Wildman–Crippen LogP) is 3.67. The number of hydrogen-bond acceptors (Lipinski definition) is 3. The molecule has 6 heteroatoms. The molecule has 1 aromatic carbocycles. The van der Waals surface area contributed by atoms with Gasteiger partial charge in [0.25, 0.3) is 0 Å². The average Bonchev–Trinajstić information content (AvgIpc) is 2.36. The van der Waals surface area contributed by atoms with Gasteiger partial charge in [-0.2, -0.15) is 13.2 Å². The number of halogens is 3. The lowest BCUT2D eigenvalue weighted by molar-refractivity contribution is -0.155. The van der Waals surface area contributed by atoms with Gasteiger partial charge in [-0.1, -0.05) is 0 Å². The molecule has 20 heavy (non-hydrogen) atoms. The number of ether oxygens (including phenoxy) is 2. The summed E-state index contributed by atoms with van der Waals surface area (Å²) in [7, 11) is 0. The highest BCUT2D eigenvalue weighted by atomic mass is 19.4. The van der Waals surface area contributed by atoms with Gasteiger partial charge in [-0.3, -0.25) is 4.79 Å². The summed E-state index contributed by atoms with van der Waals surface area (Å²) in [6, 6.07) is 4.33. The standard InChI is InChI=1S/C14H17F3O3/c1-4-19-12(18)13(2,3)9-20-11-7-5-10(6-8-11)14(15,16)17/h5-8H,4,9H2,1-3H3. The molecule has 0 aliphatic carbocycles. The van der Waals surface area contributed by atoms with Gasteiger partial charge in [-0.25, -0.2) is 0 Å². The summed E-state index contributed by atoms with van der Waals surface area (Å²) in [4.78, 5) is 11.6. The topological polar surface area (TPSA) is 35.5 Å². The van der Waals surface area contributed by atoms with Crippen LogP contribution in [-0.4, -0.2) is 19.2 Å². The molecule has 0 aliphatic heterocycles. The smallest absolute Gasteiger partial charge is 0.416 e. The number of hydrogen-bond donors (Lipinski definition) is 0. The number of carbonyl (C=O) groups is 1. The van der Waals surface area contributed by atoms with Crippen LogP contribution in [0, 0.1) is 5.41 Å². The minimum absolute atomic E-state index is 0.0250. The molecule has 0 aromatic heterocycles. The zero-order chi connectivity index (χ0) is 15.4. The van der Waals surface area contributed by atoms with Crippen molar-refractivity contribution in [3.8, 4) is 5.75 Å². The van der Waals surface area contributed by atoms with E-state index in [1.54, 1.807) is 20.8 Å². The molecular formula is C14H17F3O3. The summed E-state index contributed by atoms with van der Waals surface area (Å²) >= 11 is 0. The third-order valence-electron chi connectivity index (χ3n) is 2.61. The van der Waals surface area contributed by atoms with Crippen molar-refractivity contribution in [3.05, 3.63) is 29.8 Å². The van der Waals surface area contributed by atoms with Gasteiger partial charge in [0.05, 0.1) is 17.6 Å². The number of carbonyl (C=O) groups excluding carboxylic acids is 1. The molecule has 0 saturated heterocycles. The molecule has 3 nitrogen and oxygen atoms in total. The van der Waals surface area contributed by atoms with Crippen molar-refractivity contribution in [2.75, 3.05) is 13.2 Å². The first-order chi connectivity index (χ1) is 9.16. The summed E-state index contributed by atoms with van der Waals surface area (Å²) in [5.74, 6) is -0.137. The maximum Gasteiger partial charge on any atom is 0.416 e. The number of esters is 1. The van der Waals surface area contributed by atoms with Crippen LogP contribution in [0.5, 0.6) is 5.75 Å². The highest BCUT2D eigenvalue weighted by Crippen LogP contribution is 2.30. The van der Waals surface area contributed by atoms with Crippen LogP contribution in [0.3, 0.4) is 0 Å². The molecule has 0 spiro atoms. The second-order valence-corrected chi connectivity index (χ2v) is 4.92. The van der Waals surface area contributed by atoms with Gasteiger partial charge in [0, 0.05) is 0 Å². The summed E-state index contributed by atoms with van der Waals surface area (Å²) in [6.07, 6.45) is -4.37. The van der Waals surface area contributed by atoms with Gasteiger partial charge in [0.15, 0.2) is 0 Å². The summed E-state index contributed by atoms with van der Waals surface area (Å²) < 4.78 is 47.4. The van der Waals surface area contributed by atoms with Crippen LogP contribution in [0.2, 0.25) is 0 Å². The van der Waals surface area contributed by atoms with Crippen molar-refractivity contribution in [2.24, 2.45) is 5.41 Å². The summed E-state index contributed by atoms with van der Waals surface area (Å²) in [5, 5.41) is 0. The fourth-order valence-electron chi connectivity index (χ4n) is 1.39. The fraction of sp³-hybridized carbons (Fsp3) is 0.500. The number of rotatable bonds is 5. The lowest BCUT2D eigenvalue weighted by Gasteiger charge is -2.22. The molecule has 0 saturated carbocycles. The molecule has 0 radical (unpaired) electrons. The summed E-state index contributed by atoms with van der Waals surface area (Å²) in [5.41, 5.74) is -1.60. The largest absolute Gasteiger partial charge is 0.492 e. The van der Waals surface area contributed by atoms with E-state index < -0.39 is 23.1 Å². The first-order valence-electron chi connectivity index (χ1n) is 6.14. The molecule has 0 atom stereocenters. The second-order valence-electron chi connectivity index (χ2n) is 4.92. The Labute approximate surface area is 115 Å². The molecule has 1 rings (SSSR count). The van der Waals surface area contributed by atoms with Crippen molar-refractivity contribution >= 4 is 5.97 Å². The normalized spacial score (nSPS) is 12.1. The number of alkyl halides is 3. The van der Waals surface area contributed by atoms with E-state index in [1.165, 1.54) is 12.1 Å². The Bertz CT molecular complexity index is 450. The first kappa shape index (κ1) is 16.3. The van der Waals surface area contributed by atoms with Crippen molar-refractivity contribution in [3.63, 3.8) is 0 Å². The SMILES string of the molecule is CCOC(=O)C(C)(C)COc1ccc(C(F)(F)F)cc1. The van der Waals surface area contributed by atoms with Crippen LogP contribution < -0.4 is 4.74 Å². The van der Waals surface area contributed by atoms with Crippen molar-refractivity contribution < 1.29 is 27.4 Å². The maximum atomic E-state index is 12.4. The quantitative estimate of drug-likeness (QED) is 0.776. The number of benzene rings is 1. The first-order valence-corrected chi connectivity index (χ1v) is 6.14. The summed E-state index contributed by atoms with van der Waals surface area (Å²) in [6.45, 7) is 5.29. The van der Waals surface area contributed by atoms with Crippen LogP contribution in [-0.2, 0) is 15.7 Å². The third kappa shape index (κ3) is 4.43. The minimum Gasteiger partial charge on any atom is -0.492 e. The third-order valence-corrected chi connectivity index (χ3v) is 2.61. The van der Waals surface area contributed by atoms with E-state index in [0.717, 1.165) is 12.1 Å². The van der Waals surface area contributed by atoms with Crippen LogP contribution in [0.25, 0.3) is 0 Å². The van der Waals surface area contributed by atoms with E-state index >= 15 is 0 Å². The van der Waals surface area contributed by atoms with Gasteiger partial charge in [-0.15, -0.1) is 0 Å². The zero-order valence-electron chi connectivity index (χ0n) is 11.6. The molecule has 0 bridgehead atoms. The molecule has 112 valence electrons. The molecule has 1 aromatic rings. The molecule has 0 amide bonds. The van der Waals surface area contributed by atoms with E-state index in [-0.39, 0.29) is 19.0 Å². The predicted molar refractivity (Wildman–Crippen MR) is 67.4 cm³/mol. The molecular weight excluding hydrogens is 273 g/mol. The molecule has 0 unspecified atom stereocenters. The van der Waals surface area contributed by atoms with E-state index in [4.69, 9.17) is 9.47 Å². The fourth-order valence-corrected chi connectivity index (χ4v) is 1.39. The van der Waals surface area contributed by atoms with Crippen LogP contribution in [0.1, 0.15) is 26.3 Å². The van der Waals surface area contributed by atoms with E-state index in [0.29, 0.717) is 0 Å². The van der Waals surface area contributed by atoms with Gasteiger partial charge < -0.3 is 9.47 Å². The van der Waals surface area contributed by atoms with Gasteiger partial charge in [0.1, 0.15) is 12.4 Å². The van der Waals surface area contributed by atoms with E-state index in [9.17, 15) is 18.0 Å². The van der Waals surface area contributed by atoms with Gasteiger partial charge in [-0.05, 0) is 45.0 Å². The van der Waals surface area contributed by atoms with Crippen molar-refractivity contribution in [1.29, 1.82) is 0 Å². The Morgan fingerprint density at radius 2 is 1.70 bits per heavy atom. The maximum absolute atomic E-state index is 12.4. The van der Waals surface area contributed by atoms with Crippen LogP contribution >= 0.6 is 0 Å². The lowest BCUT2D eigenvalue weighted by Crippen LogP contribution is -2.32. The van der Waals surface area contributed by atoms with Crippen LogP contribution in [0.4, 0.5) is 13.2 Å². The molecule has 0 N–H and O–H groups in total. The van der Waals surface area contributed by atoms with Crippen molar-refractivity contribution in [2.45, 2.75) is 26.9 Å². The van der Waals surface area contributed by atoms with Gasteiger partial charge >= 0.3 is 12.1 Å². The second kappa shape index (κ2) is 6.15.